The summed E-state index contributed by atoms with van der Waals surface area (Å²) in [6.07, 6.45) is 1.14. The summed E-state index contributed by atoms with van der Waals surface area (Å²) in [5.74, 6) is -0.378. The molecule has 0 spiro atoms. The molecule has 0 aliphatic rings. The van der Waals surface area contributed by atoms with Gasteiger partial charge < -0.3 is 4.98 Å². The third-order valence-electron chi connectivity index (χ3n) is 1.79. The molecule has 0 saturated carbocycles. The monoisotopic (exact) mass is 226 g/mol. The lowest BCUT2D eigenvalue weighted by atomic mass is 10.2. The van der Waals surface area contributed by atoms with Gasteiger partial charge in [0.2, 0.25) is 0 Å². The van der Waals surface area contributed by atoms with Crippen LogP contribution in [0.3, 0.4) is 0 Å². The third-order valence-corrected chi connectivity index (χ3v) is 2.85. The Kier molecular flexibility index (Phi) is 2.43. The molecule has 0 amide bonds. The van der Waals surface area contributed by atoms with E-state index in [2.05, 4.69) is 9.97 Å². The molecule has 0 fully saturated rings. The van der Waals surface area contributed by atoms with Crippen LogP contribution in [0.5, 0.6) is 0 Å². The van der Waals surface area contributed by atoms with Crippen molar-refractivity contribution < 1.29 is 4.39 Å². The maximum absolute atomic E-state index is 13.3. The largest absolute Gasteiger partial charge is 0.328 e. The number of aromatic amines is 1. The Morgan fingerprint density at radius 1 is 1.57 bits per heavy atom. The highest BCUT2D eigenvalue weighted by Crippen LogP contribution is 2.24. The maximum atomic E-state index is 13.3. The van der Waals surface area contributed by atoms with E-state index >= 15 is 0 Å². The second-order valence-electron chi connectivity index (χ2n) is 2.86. The van der Waals surface area contributed by atoms with E-state index in [1.807, 2.05) is 18.4 Å². The van der Waals surface area contributed by atoms with E-state index in [9.17, 15) is 4.39 Å². The Labute approximate surface area is 89.5 Å². The molecule has 2 nitrogen and oxygen atoms in total. The molecule has 0 radical (unpaired) electrons. The summed E-state index contributed by atoms with van der Waals surface area (Å²) in [6, 6.07) is 1.91. The number of H-pyrrole nitrogens is 1. The van der Waals surface area contributed by atoms with E-state index in [0.717, 1.165) is 16.6 Å². The van der Waals surface area contributed by atoms with Crippen molar-refractivity contribution in [2.45, 2.75) is 6.92 Å². The van der Waals surface area contributed by atoms with Crippen molar-refractivity contribution in [2.24, 2.45) is 0 Å². The lowest BCUT2D eigenvalue weighted by Gasteiger charge is -1.98. The number of hydrogen-bond donors (Lipinski definition) is 1. The smallest absolute Gasteiger partial charge is 0.197 e. The third kappa shape index (κ3) is 1.73. The van der Waals surface area contributed by atoms with E-state index in [0.29, 0.717) is 10.5 Å². The van der Waals surface area contributed by atoms with Crippen molar-refractivity contribution in [3.63, 3.8) is 0 Å². The molecule has 0 unspecified atom stereocenters. The van der Waals surface area contributed by atoms with Crippen molar-refractivity contribution in [1.82, 2.24) is 9.97 Å². The Morgan fingerprint density at radius 2 is 2.36 bits per heavy atom. The van der Waals surface area contributed by atoms with Gasteiger partial charge in [-0.2, -0.15) is 0 Å². The Morgan fingerprint density at radius 3 is 3.00 bits per heavy atom. The number of aryl methyl sites for hydroxylation is 1. The van der Waals surface area contributed by atoms with Gasteiger partial charge in [0.15, 0.2) is 10.6 Å². The van der Waals surface area contributed by atoms with Gasteiger partial charge in [0.05, 0.1) is 11.9 Å². The molecule has 1 N–H and O–H groups in total. The Balaban J connectivity index is 2.61. The number of aromatic nitrogens is 2. The molecule has 0 saturated heterocycles. The average molecular weight is 226 g/mol. The molecule has 2 aromatic rings. The molecular formula is C9H7FN2S2. The molecular weight excluding hydrogens is 219 g/mol. The molecule has 14 heavy (non-hydrogen) atoms. The van der Waals surface area contributed by atoms with Crippen LogP contribution in [0.2, 0.25) is 0 Å². The highest BCUT2D eigenvalue weighted by atomic mass is 32.1. The first-order chi connectivity index (χ1) is 6.66. The summed E-state index contributed by atoms with van der Waals surface area (Å²) in [4.78, 5) is 7.53. The van der Waals surface area contributed by atoms with Crippen LogP contribution in [0.4, 0.5) is 4.39 Å². The number of nitrogens with zero attached hydrogens (tertiary/aromatic N) is 1. The fourth-order valence-electron chi connectivity index (χ4n) is 1.16. The van der Waals surface area contributed by atoms with Crippen molar-refractivity contribution in [1.29, 1.82) is 0 Å². The lowest BCUT2D eigenvalue weighted by molar-refractivity contribution is 0.617. The van der Waals surface area contributed by atoms with Crippen LogP contribution >= 0.6 is 23.6 Å². The number of hydrogen-bond acceptors (Lipinski definition) is 3. The Hall–Kier alpha value is -1.07. The summed E-state index contributed by atoms with van der Waals surface area (Å²) in [6.45, 7) is 1.97. The van der Waals surface area contributed by atoms with Gasteiger partial charge in [0, 0.05) is 15.8 Å². The first-order valence-corrected chi connectivity index (χ1v) is 5.26. The molecule has 5 heteroatoms. The van der Waals surface area contributed by atoms with Crippen LogP contribution in [0.25, 0.3) is 11.3 Å². The fourth-order valence-corrected chi connectivity index (χ4v) is 2.01. The van der Waals surface area contributed by atoms with Crippen molar-refractivity contribution >= 4 is 23.6 Å². The molecule has 0 atom stereocenters. The summed E-state index contributed by atoms with van der Waals surface area (Å²) >= 11 is 6.41. The van der Waals surface area contributed by atoms with Gasteiger partial charge in [-0.15, -0.1) is 11.3 Å². The predicted molar refractivity (Wildman–Crippen MR) is 57.4 cm³/mol. The van der Waals surface area contributed by atoms with E-state index in [4.69, 9.17) is 12.2 Å². The maximum Gasteiger partial charge on any atom is 0.197 e. The molecule has 2 aromatic heterocycles. The molecule has 72 valence electrons. The van der Waals surface area contributed by atoms with Crippen LogP contribution in [-0.4, -0.2) is 9.97 Å². The van der Waals surface area contributed by atoms with Crippen LogP contribution in [0.15, 0.2) is 17.6 Å². The number of nitrogens with one attached hydrogen (secondary N) is 1. The minimum atomic E-state index is -0.378. The van der Waals surface area contributed by atoms with Crippen molar-refractivity contribution in [2.75, 3.05) is 0 Å². The first-order valence-electron chi connectivity index (χ1n) is 3.97. The minimum absolute atomic E-state index is 0.297. The van der Waals surface area contributed by atoms with Gasteiger partial charge in [0.1, 0.15) is 0 Å². The summed E-state index contributed by atoms with van der Waals surface area (Å²) in [7, 11) is 0. The van der Waals surface area contributed by atoms with E-state index < -0.39 is 0 Å². The average Bonchev–Trinajstić information content (AvgIpc) is 2.56. The van der Waals surface area contributed by atoms with Crippen molar-refractivity contribution in [3.8, 4) is 11.3 Å². The highest BCUT2D eigenvalue weighted by molar-refractivity contribution is 7.71. The van der Waals surface area contributed by atoms with Gasteiger partial charge in [0.25, 0.3) is 0 Å². The highest BCUT2D eigenvalue weighted by Gasteiger charge is 2.06. The minimum Gasteiger partial charge on any atom is -0.328 e. The standard InChI is InChI=1S/C9H7FN2S2/c1-5-2-6(4-14-5)8-7(10)3-11-9(13)12-8/h2-4H,1H3,(H,11,12,13). The van der Waals surface area contributed by atoms with Gasteiger partial charge in [-0.25, -0.2) is 9.37 Å². The number of thiophene rings is 1. The fraction of sp³-hybridized carbons (Fsp3) is 0.111. The predicted octanol–water partition coefficient (Wildman–Crippen LogP) is 3.32. The zero-order chi connectivity index (χ0) is 10.1. The summed E-state index contributed by atoms with van der Waals surface area (Å²) < 4.78 is 13.6. The second kappa shape index (κ2) is 3.59. The van der Waals surface area contributed by atoms with Gasteiger partial charge in [-0.05, 0) is 25.2 Å². The first kappa shape index (κ1) is 9.48. The van der Waals surface area contributed by atoms with E-state index in [1.54, 1.807) is 11.3 Å². The molecule has 2 heterocycles. The van der Waals surface area contributed by atoms with E-state index in [-0.39, 0.29) is 5.82 Å². The number of halogens is 1. The molecule has 0 aromatic carbocycles. The van der Waals surface area contributed by atoms with Crippen LogP contribution in [0.1, 0.15) is 4.88 Å². The molecule has 2 rings (SSSR count). The normalized spacial score (nSPS) is 10.4. The topological polar surface area (TPSA) is 28.7 Å². The lowest BCUT2D eigenvalue weighted by Crippen LogP contribution is -1.90. The summed E-state index contributed by atoms with van der Waals surface area (Å²) in [5.41, 5.74) is 1.23. The zero-order valence-electron chi connectivity index (χ0n) is 7.37. The molecule has 0 aliphatic carbocycles. The SMILES string of the molecule is Cc1cc(-c2[nH]c(=S)ncc2F)cs1. The van der Waals surface area contributed by atoms with Gasteiger partial charge >= 0.3 is 0 Å². The zero-order valence-corrected chi connectivity index (χ0v) is 9.01. The molecule has 0 aliphatic heterocycles. The van der Waals surface area contributed by atoms with Crippen LogP contribution in [0, 0.1) is 17.5 Å². The van der Waals surface area contributed by atoms with Crippen LogP contribution in [-0.2, 0) is 0 Å². The second-order valence-corrected chi connectivity index (χ2v) is 4.36. The quantitative estimate of drug-likeness (QED) is 0.756. The Bertz CT molecular complexity index is 516. The number of rotatable bonds is 1. The van der Waals surface area contributed by atoms with Gasteiger partial charge in [-0.1, -0.05) is 0 Å². The van der Waals surface area contributed by atoms with Crippen molar-refractivity contribution in [3.05, 3.63) is 33.1 Å². The molecule has 0 bridgehead atoms. The summed E-state index contributed by atoms with van der Waals surface area (Å²) in [5, 5.41) is 1.89. The van der Waals surface area contributed by atoms with Gasteiger partial charge in [-0.3, -0.25) is 0 Å². The van der Waals surface area contributed by atoms with E-state index in [1.165, 1.54) is 0 Å². The van der Waals surface area contributed by atoms with Crippen LogP contribution < -0.4 is 0 Å².